The first-order valence-corrected chi connectivity index (χ1v) is 10.6. The van der Waals surface area contributed by atoms with Crippen LogP contribution < -0.4 is 5.32 Å². The molecule has 148 valence electrons. The fraction of sp³-hybridized carbons (Fsp3) is 0.409. The van der Waals surface area contributed by atoms with Gasteiger partial charge in [-0.15, -0.1) is 11.3 Å². The average Bonchev–Trinajstić information content (AvgIpc) is 3.27. The molecule has 0 atom stereocenters. The normalized spacial score (nSPS) is 14.9. The van der Waals surface area contributed by atoms with Crippen molar-refractivity contribution in [2.45, 2.75) is 39.0 Å². The first kappa shape index (κ1) is 19.2. The number of nitrogens with one attached hydrogen (secondary N) is 1. The number of aliphatic hydroxyl groups is 1. The van der Waals surface area contributed by atoms with E-state index < -0.39 is 5.60 Å². The number of hydrogen-bond donors (Lipinski definition) is 2. The van der Waals surface area contributed by atoms with Gasteiger partial charge in [0, 0.05) is 60.4 Å². The Morgan fingerprint density at radius 2 is 2.11 bits per heavy atom. The Balaban J connectivity index is 1.43. The zero-order chi connectivity index (χ0) is 19.7. The summed E-state index contributed by atoms with van der Waals surface area (Å²) in [6.45, 7) is 7.17. The number of nitrogens with zero attached hydrogens (tertiary/aromatic N) is 3. The predicted molar refractivity (Wildman–Crippen MR) is 116 cm³/mol. The molecule has 1 aliphatic rings. The Kier molecular flexibility index (Phi) is 5.27. The smallest absolute Gasteiger partial charge is 0.0718 e. The molecule has 0 amide bonds. The first-order chi connectivity index (χ1) is 13.4. The predicted octanol–water partition coefficient (Wildman–Crippen LogP) is 3.89. The van der Waals surface area contributed by atoms with Gasteiger partial charge >= 0.3 is 0 Å². The van der Waals surface area contributed by atoms with E-state index in [4.69, 9.17) is 0 Å². The van der Waals surface area contributed by atoms with Crippen LogP contribution in [0.3, 0.4) is 0 Å². The van der Waals surface area contributed by atoms with E-state index in [-0.39, 0.29) is 0 Å². The second kappa shape index (κ2) is 7.70. The van der Waals surface area contributed by atoms with Crippen LogP contribution in [0.1, 0.15) is 29.9 Å². The minimum Gasteiger partial charge on any atom is -0.389 e. The summed E-state index contributed by atoms with van der Waals surface area (Å²) in [7, 11) is 1.95. The molecule has 6 heteroatoms. The zero-order valence-electron chi connectivity index (χ0n) is 16.8. The fourth-order valence-corrected chi connectivity index (χ4v) is 4.80. The van der Waals surface area contributed by atoms with E-state index in [0.29, 0.717) is 6.54 Å². The van der Waals surface area contributed by atoms with Crippen molar-refractivity contribution in [3.05, 3.63) is 58.7 Å². The Bertz CT molecular complexity index is 954. The van der Waals surface area contributed by atoms with Crippen molar-refractivity contribution >= 4 is 17.0 Å². The van der Waals surface area contributed by atoms with Gasteiger partial charge in [-0.1, -0.05) is 12.1 Å². The average molecular weight is 397 g/mol. The highest BCUT2D eigenvalue weighted by molar-refractivity contribution is 7.15. The summed E-state index contributed by atoms with van der Waals surface area (Å²) < 4.78 is 1.84. The van der Waals surface area contributed by atoms with Crippen molar-refractivity contribution in [2.24, 2.45) is 7.05 Å². The van der Waals surface area contributed by atoms with Crippen LogP contribution in [0.4, 0.5) is 5.69 Å². The van der Waals surface area contributed by atoms with E-state index in [0.717, 1.165) is 26.1 Å². The number of β-amino-alcohol motifs (C(OH)–C–C–N with tert-alkyl or cyclic N) is 1. The van der Waals surface area contributed by atoms with Crippen LogP contribution in [0.25, 0.3) is 10.4 Å². The summed E-state index contributed by atoms with van der Waals surface area (Å²) in [6, 6.07) is 10.9. The van der Waals surface area contributed by atoms with Crippen LogP contribution in [0.5, 0.6) is 0 Å². The lowest BCUT2D eigenvalue weighted by molar-refractivity contribution is 0.0318. The van der Waals surface area contributed by atoms with Crippen molar-refractivity contribution in [2.75, 3.05) is 18.4 Å². The Hall–Kier alpha value is -2.15. The molecule has 3 heterocycles. The Morgan fingerprint density at radius 1 is 1.25 bits per heavy atom. The molecule has 2 aromatic heterocycles. The van der Waals surface area contributed by atoms with Gasteiger partial charge in [-0.2, -0.15) is 5.10 Å². The van der Waals surface area contributed by atoms with Gasteiger partial charge in [-0.05, 0) is 49.6 Å². The standard InChI is InChI=1S/C22H28N4OS/c1-22(2,27)15-26-10-9-19-16(14-26)5-4-6-20(19)23-12-18-7-8-21(28-18)17-11-24-25(3)13-17/h4-8,11,13,23,27H,9-10,12,14-15H2,1-3H3. The first-order valence-electron chi connectivity index (χ1n) is 9.74. The molecular formula is C22H28N4OS. The number of anilines is 1. The maximum absolute atomic E-state index is 10.1. The number of aryl methyl sites for hydroxylation is 1. The van der Waals surface area contributed by atoms with Crippen LogP contribution in [0, 0.1) is 0 Å². The van der Waals surface area contributed by atoms with Crippen LogP contribution in [-0.2, 0) is 26.6 Å². The molecule has 0 fully saturated rings. The molecule has 1 aromatic carbocycles. The third-order valence-electron chi connectivity index (χ3n) is 5.06. The molecule has 0 saturated heterocycles. The van der Waals surface area contributed by atoms with E-state index in [1.54, 1.807) is 0 Å². The number of fused-ring (bicyclic) bond motifs is 1. The highest BCUT2D eigenvalue weighted by Gasteiger charge is 2.23. The maximum atomic E-state index is 10.1. The van der Waals surface area contributed by atoms with E-state index in [1.165, 1.54) is 32.1 Å². The fourth-order valence-electron chi connectivity index (χ4n) is 3.87. The largest absolute Gasteiger partial charge is 0.389 e. The molecule has 0 unspecified atom stereocenters. The SMILES string of the molecule is Cn1cc(-c2ccc(CNc3cccc4c3CCN(CC(C)(C)O)C4)s2)cn1. The molecule has 3 aromatic rings. The van der Waals surface area contributed by atoms with E-state index >= 15 is 0 Å². The third-order valence-corrected chi connectivity index (χ3v) is 6.19. The molecule has 0 radical (unpaired) electrons. The lowest BCUT2D eigenvalue weighted by Crippen LogP contribution is -2.41. The summed E-state index contributed by atoms with van der Waals surface area (Å²) in [5.41, 5.74) is 4.53. The van der Waals surface area contributed by atoms with Gasteiger partial charge in [-0.25, -0.2) is 0 Å². The van der Waals surface area contributed by atoms with E-state index in [2.05, 4.69) is 51.8 Å². The highest BCUT2D eigenvalue weighted by atomic mass is 32.1. The monoisotopic (exact) mass is 396 g/mol. The van der Waals surface area contributed by atoms with Gasteiger partial charge in [0.25, 0.3) is 0 Å². The second-order valence-corrected chi connectivity index (χ2v) is 9.41. The molecule has 1 aliphatic heterocycles. The number of hydrogen-bond acceptors (Lipinski definition) is 5. The highest BCUT2D eigenvalue weighted by Crippen LogP contribution is 2.30. The van der Waals surface area contributed by atoms with Crippen molar-refractivity contribution in [3.63, 3.8) is 0 Å². The number of thiophene rings is 1. The Morgan fingerprint density at radius 3 is 2.86 bits per heavy atom. The van der Waals surface area contributed by atoms with Gasteiger partial charge in [0.05, 0.1) is 11.8 Å². The van der Waals surface area contributed by atoms with Crippen LogP contribution in [0.2, 0.25) is 0 Å². The van der Waals surface area contributed by atoms with Gasteiger partial charge in [0.2, 0.25) is 0 Å². The van der Waals surface area contributed by atoms with Gasteiger partial charge in [0.15, 0.2) is 0 Å². The molecule has 0 aliphatic carbocycles. The topological polar surface area (TPSA) is 53.3 Å². The zero-order valence-corrected chi connectivity index (χ0v) is 17.6. The molecule has 0 spiro atoms. The third kappa shape index (κ3) is 4.46. The van der Waals surface area contributed by atoms with Gasteiger partial charge in [-0.3, -0.25) is 9.58 Å². The van der Waals surface area contributed by atoms with Crippen molar-refractivity contribution in [3.8, 4) is 10.4 Å². The van der Waals surface area contributed by atoms with Crippen LogP contribution in [0.15, 0.2) is 42.7 Å². The quantitative estimate of drug-likeness (QED) is 0.664. The summed E-state index contributed by atoms with van der Waals surface area (Å²) in [4.78, 5) is 4.91. The second-order valence-electron chi connectivity index (χ2n) is 8.24. The molecular weight excluding hydrogens is 368 g/mol. The minimum absolute atomic E-state index is 0.654. The molecule has 28 heavy (non-hydrogen) atoms. The number of aromatic nitrogens is 2. The molecule has 0 bridgehead atoms. The summed E-state index contributed by atoms with van der Waals surface area (Å²) >= 11 is 1.81. The summed E-state index contributed by atoms with van der Waals surface area (Å²) in [5.74, 6) is 0. The van der Waals surface area contributed by atoms with Crippen LogP contribution >= 0.6 is 11.3 Å². The summed E-state index contributed by atoms with van der Waals surface area (Å²) in [5, 5.41) is 18.0. The number of rotatable bonds is 6. The summed E-state index contributed by atoms with van der Waals surface area (Å²) in [6.07, 6.45) is 4.98. The van der Waals surface area contributed by atoms with Crippen molar-refractivity contribution in [1.29, 1.82) is 0 Å². The minimum atomic E-state index is -0.654. The number of benzene rings is 1. The Labute approximate surface area is 170 Å². The van der Waals surface area contributed by atoms with Gasteiger partial charge in [0.1, 0.15) is 0 Å². The van der Waals surface area contributed by atoms with Gasteiger partial charge < -0.3 is 10.4 Å². The molecule has 4 rings (SSSR count). The lowest BCUT2D eigenvalue weighted by Gasteiger charge is -2.34. The van der Waals surface area contributed by atoms with E-state index in [9.17, 15) is 5.11 Å². The van der Waals surface area contributed by atoms with Crippen molar-refractivity contribution in [1.82, 2.24) is 14.7 Å². The lowest BCUT2D eigenvalue weighted by atomic mass is 9.96. The molecule has 0 saturated carbocycles. The maximum Gasteiger partial charge on any atom is 0.0718 e. The molecule has 5 nitrogen and oxygen atoms in total. The van der Waals surface area contributed by atoms with E-state index in [1.807, 2.05) is 43.1 Å². The molecule has 2 N–H and O–H groups in total. The van der Waals surface area contributed by atoms with Crippen molar-refractivity contribution < 1.29 is 5.11 Å². The van der Waals surface area contributed by atoms with Crippen LogP contribution in [-0.4, -0.2) is 38.5 Å².